The zero-order chi connectivity index (χ0) is 16.2. The van der Waals surface area contributed by atoms with Gasteiger partial charge < -0.3 is 18.7 Å². The number of methoxy groups -OCH3 is 3. The molecule has 118 valence electrons. The van der Waals surface area contributed by atoms with Crippen LogP contribution in [-0.4, -0.2) is 26.5 Å². The van der Waals surface area contributed by atoms with Crippen molar-refractivity contribution in [2.75, 3.05) is 21.3 Å². The van der Waals surface area contributed by atoms with Crippen molar-refractivity contribution in [2.24, 2.45) is 0 Å². The Labute approximate surface area is 134 Å². The topological polar surface area (TPSA) is 53.7 Å². The highest BCUT2D eigenvalue weighted by atomic mass is 16.5. The summed E-state index contributed by atoms with van der Waals surface area (Å²) in [5, 5.41) is 3.94. The van der Waals surface area contributed by atoms with Crippen LogP contribution >= 0.6 is 0 Å². The second-order valence-corrected chi connectivity index (χ2v) is 4.90. The molecule has 0 N–H and O–H groups in total. The third-order valence-corrected chi connectivity index (χ3v) is 3.59. The number of rotatable bonds is 5. The Morgan fingerprint density at radius 1 is 0.739 bits per heavy atom. The Morgan fingerprint density at radius 3 is 1.91 bits per heavy atom. The first kappa shape index (κ1) is 15.0. The fourth-order valence-corrected chi connectivity index (χ4v) is 2.36. The summed E-state index contributed by atoms with van der Waals surface area (Å²) >= 11 is 0. The molecule has 0 aliphatic heterocycles. The van der Waals surface area contributed by atoms with Crippen LogP contribution in [0.4, 0.5) is 0 Å². The molecule has 0 bridgehead atoms. The van der Waals surface area contributed by atoms with Crippen molar-refractivity contribution in [3.63, 3.8) is 0 Å². The lowest BCUT2D eigenvalue weighted by molar-refractivity contribution is 0.394. The van der Waals surface area contributed by atoms with Gasteiger partial charge in [-0.3, -0.25) is 0 Å². The van der Waals surface area contributed by atoms with Crippen molar-refractivity contribution < 1.29 is 18.7 Å². The van der Waals surface area contributed by atoms with Gasteiger partial charge in [0, 0.05) is 17.2 Å². The molecule has 0 saturated heterocycles. The van der Waals surface area contributed by atoms with Crippen LogP contribution in [-0.2, 0) is 0 Å². The molecule has 5 nitrogen and oxygen atoms in total. The van der Waals surface area contributed by atoms with E-state index in [1.54, 1.807) is 27.5 Å². The molecular formula is C18H17NO4. The van der Waals surface area contributed by atoms with E-state index in [-0.39, 0.29) is 0 Å². The highest BCUT2D eigenvalue weighted by molar-refractivity contribution is 5.80. The Morgan fingerprint density at radius 2 is 1.35 bits per heavy atom. The molecule has 0 saturated carbocycles. The second kappa shape index (κ2) is 6.44. The second-order valence-electron chi connectivity index (χ2n) is 4.90. The van der Waals surface area contributed by atoms with Gasteiger partial charge in [-0.25, -0.2) is 0 Å². The first-order valence-electron chi connectivity index (χ1n) is 7.07. The van der Waals surface area contributed by atoms with E-state index < -0.39 is 0 Å². The molecular weight excluding hydrogens is 294 g/mol. The van der Waals surface area contributed by atoms with Crippen molar-refractivity contribution in [3.8, 4) is 39.7 Å². The Balaban J connectivity index is 2.06. The monoisotopic (exact) mass is 311 g/mol. The molecule has 3 rings (SSSR count). The maximum atomic E-state index is 5.45. The molecule has 0 aliphatic carbocycles. The van der Waals surface area contributed by atoms with Crippen molar-refractivity contribution in [1.82, 2.24) is 5.16 Å². The SMILES string of the molecule is COc1ccc(-c2oncc2-c2cc(OC)cc(OC)c2)cc1. The largest absolute Gasteiger partial charge is 0.497 e. The molecule has 1 aromatic heterocycles. The third-order valence-electron chi connectivity index (χ3n) is 3.59. The summed E-state index contributed by atoms with van der Waals surface area (Å²) in [5.74, 6) is 2.89. The molecule has 0 spiro atoms. The predicted molar refractivity (Wildman–Crippen MR) is 87.0 cm³/mol. The first-order valence-corrected chi connectivity index (χ1v) is 7.07. The molecule has 3 aromatic rings. The van der Waals surface area contributed by atoms with Crippen molar-refractivity contribution in [1.29, 1.82) is 0 Å². The van der Waals surface area contributed by atoms with Gasteiger partial charge in [-0.05, 0) is 42.0 Å². The highest BCUT2D eigenvalue weighted by Gasteiger charge is 2.15. The van der Waals surface area contributed by atoms with E-state index in [1.807, 2.05) is 42.5 Å². The molecule has 0 amide bonds. The van der Waals surface area contributed by atoms with Crippen molar-refractivity contribution in [3.05, 3.63) is 48.7 Å². The summed E-state index contributed by atoms with van der Waals surface area (Å²) in [5.41, 5.74) is 2.70. The fraction of sp³-hybridized carbons (Fsp3) is 0.167. The van der Waals surface area contributed by atoms with Gasteiger partial charge in [-0.15, -0.1) is 0 Å². The molecule has 5 heteroatoms. The minimum Gasteiger partial charge on any atom is -0.497 e. The van der Waals surface area contributed by atoms with Crippen molar-refractivity contribution in [2.45, 2.75) is 0 Å². The smallest absolute Gasteiger partial charge is 0.174 e. The van der Waals surface area contributed by atoms with Gasteiger partial charge >= 0.3 is 0 Å². The Hall–Kier alpha value is -2.95. The van der Waals surface area contributed by atoms with Crippen LogP contribution < -0.4 is 14.2 Å². The zero-order valence-electron chi connectivity index (χ0n) is 13.2. The summed E-state index contributed by atoms with van der Waals surface area (Å²) in [4.78, 5) is 0. The van der Waals surface area contributed by atoms with E-state index in [0.717, 1.165) is 22.4 Å². The van der Waals surface area contributed by atoms with Crippen LogP contribution in [0.25, 0.3) is 22.5 Å². The van der Waals surface area contributed by atoms with Crippen LogP contribution in [0.3, 0.4) is 0 Å². The number of nitrogens with zero attached hydrogens (tertiary/aromatic N) is 1. The lowest BCUT2D eigenvalue weighted by atomic mass is 10.0. The number of aromatic nitrogens is 1. The van der Waals surface area contributed by atoms with E-state index in [4.69, 9.17) is 18.7 Å². The van der Waals surface area contributed by atoms with Crippen LogP contribution in [0.15, 0.2) is 53.2 Å². The van der Waals surface area contributed by atoms with E-state index in [9.17, 15) is 0 Å². The van der Waals surface area contributed by atoms with E-state index in [1.165, 1.54) is 0 Å². The van der Waals surface area contributed by atoms with Gasteiger partial charge in [0.15, 0.2) is 5.76 Å². The molecule has 23 heavy (non-hydrogen) atoms. The zero-order valence-corrected chi connectivity index (χ0v) is 13.2. The standard InChI is InChI=1S/C18H17NO4/c1-20-14-6-4-12(5-7-14)18-17(11-19-23-18)13-8-15(21-2)10-16(9-13)22-3/h4-11H,1-3H3. The van der Waals surface area contributed by atoms with Gasteiger partial charge in [0.25, 0.3) is 0 Å². The van der Waals surface area contributed by atoms with Gasteiger partial charge in [-0.1, -0.05) is 5.16 Å². The maximum Gasteiger partial charge on any atom is 0.174 e. The molecule has 2 aromatic carbocycles. The fourth-order valence-electron chi connectivity index (χ4n) is 2.36. The summed E-state index contributed by atoms with van der Waals surface area (Å²) in [6.45, 7) is 0. The van der Waals surface area contributed by atoms with Crippen molar-refractivity contribution >= 4 is 0 Å². The van der Waals surface area contributed by atoms with Crippen LogP contribution in [0.5, 0.6) is 17.2 Å². The average molecular weight is 311 g/mol. The maximum absolute atomic E-state index is 5.45. The third kappa shape index (κ3) is 2.99. The first-order chi connectivity index (χ1) is 11.2. The van der Waals surface area contributed by atoms with E-state index in [2.05, 4.69) is 5.16 Å². The van der Waals surface area contributed by atoms with Gasteiger partial charge in [0.2, 0.25) is 0 Å². The molecule has 0 aliphatic rings. The Kier molecular flexibility index (Phi) is 4.19. The summed E-state index contributed by atoms with van der Waals surface area (Å²) in [7, 11) is 4.88. The summed E-state index contributed by atoms with van der Waals surface area (Å²) in [6, 6.07) is 13.3. The van der Waals surface area contributed by atoms with Gasteiger partial charge in [0.05, 0.1) is 27.5 Å². The number of hydrogen-bond acceptors (Lipinski definition) is 5. The lowest BCUT2D eigenvalue weighted by Gasteiger charge is -2.08. The number of hydrogen-bond donors (Lipinski definition) is 0. The molecule has 0 atom stereocenters. The molecule has 0 radical (unpaired) electrons. The molecule has 0 fully saturated rings. The number of ether oxygens (including phenoxy) is 3. The minimum absolute atomic E-state index is 0.683. The van der Waals surface area contributed by atoms with E-state index in [0.29, 0.717) is 17.3 Å². The van der Waals surface area contributed by atoms with Crippen LogP contribution in [0.2, 0.25) is 0 Å². The Bertz CT molecular complexity index is 771. The average Bonchev–Trinajstić information content (AvgIpc) is 3.11. The summed E-state index contributed by atoms with van der Waals surface area (Å²) < 4.78 is 21.3. The van der Waals surface area contributed by atoms with Gasteiger partial charge in [-0.2, -0.15) is 0 Å². The molecule has 0 unspecified atom stereocenters. The quantitative estimate of drug-likeness (QED) is 0.712. The number of benzene rings is 2. The van der Waals surface area contributed by atoms with Crippen LogP contribution in [0.1, 0.15) is 0 Å². The summed E-state index contributed by atoms with van der Waals surface area (Å²) in [6.07, 6.45) is 1.69. The van der Waals surface area contributed by atoms with E-state index >= 15 is 0 Å². The normalized spacial score (nSPS) is 10.4. The lowest BCUT2D eigenvalue weighted by Crippen LogP contribution is -1.89. The highest BCUT2D eigenvalue weighted by Crippen LogP contribution is 2.36. The van der Waals surface area contributed by atoms with Gasteiger partial charge in [0.1, 0.15) is 17.2 Å². The van der Waals surface area contributed by atoms with Crippen LogP contribution in [0, 0.1) is 0 Å². The molecule has 1 heterocycles. The minimum atomic E-state index is 0.683. The predicted octanol–water partition coefficient (Wildman–Crippen LogP) is 4.03.